The van der Waals surface area contributed by atoms with E-state index in [-0.39, 0.29) is 24.7 Å². The molecule has 1 rings (SSSR count). The number of likely N-dealkylation sites (N-methyl/N-ethyl adjacent to an activating group) is 1. The standard InChI is InChI=1S/C13H24N2O3/c1-4-18-13(17)8-7-12(16)15-9-5-6-11(15)10-14(2)3/h11H,4-10H2,1-3H3. The molecule has 0 radical (unpaired) electrons. The van der Waals surface area contributed by atoms with Gasteiger partial charge in [0.2, 0.25) is 5.91 Å². The van der Waals surface area contributed by atoms with Crippen LogP contribution in [0.2, 0.25) is 0 Å². The Kier molecular flexibility index (Phi) is 6.12. The first-order chi connectivity index (χ1) is 8.54. The molecule has 0 aliphatic carbocycles. The summed E-state index contributed by atoms with van der Waals surface area (Å²) >= 11 is 0. The molecule has 104 valence electrons. The molecule has 0 aromatic rings. The summed E-state index contributed by atoms with van der Waals surface area (Å²) in [5.41, 5.74) is 0. The summed E-state index contributed by atoms with van der Waals surface area (Å²) in [7, 11) is 4.03. The van der Waals surface area contributed by atoms with Gasteiger partial charge in [0.25, 0.3) is 0 Å². The van der Waals surface area contributed by atoms with Crippen LogP contribution in [0.25, 0.3) is 0 Å². The van der Waals surface area contributed by atoms with Gasteiger partial charge in [0.1, 0.15) is 0 Å². The summed E-state index contributed by atoms with van der Waals surface area (Å²) < 4.78 is 4.83. The lowest BCUT2D eigenvalue weighted by Gasteiger charge is -2.27. The van der Waals surface area contributed by atoms with Crippen molar-refractivity contribution in [2.75, 3.05) is 33.8 Å². The fourth-order valence-electron chi connectivity index (χ4n) is 2.36. The molecular weight excluding hydrogens is 232 g/mol. The largest absolute Gasteiger partial charge is 0.466 e. The van der Waals surface area contributed by atoms with Gasteiger partial charge in [-0.2, -0.15) is 0 Å². The Balaban J connectivity index is 2.38. The van der Waals surface area contributed by atoms with E-state index in [0.717, 1.165) is 25.9 Å². The van der Waals surface area contributed by atoms with Crippen molar-refractivity contribution < 1.29 is 14.3 Å². The lowest BCUT2D eigenvalue weighted by atomic mass is 10.2. The molecule has 0 aromatic carbocycles. The predicted octanol–water partition coefficient (Wildman–Crippen LogP) is 0.882. The zero-order valence-electron chi connectivity index (χ0n) is 11.6. The predicted molar refractivity (Wildman–Crippen MR) is 69.2 cm³/mol. The Morgan fingerprint density at radius 1 is 1.33 bits per heavy atom. The van der Waals surface area contributed by atoms with E-state index in [9.17, 15) is 9.59 Å². The minimum Gasteiger partial charge on any atom is -0.466 e. The number of carbonyl (C=O) groups is 2. The highest BCUT2D eigenvalue weighted by atomic mass is 16.5. The summed E-state index contributed by atoms with van der Waals surface area (Å²) in [6.07, 6.45) is 2.58. The number of ether oxygens (including phenoxy) is 1. The number of amides is 1. The summed E-state index contributed by atoms with van der Waals surface area (Å²) in [6.45, 7) is 3.86. The Labute approximate surface area is 109 Å². The van der Waals surface area contributed by atoms with E-state index in [1.165, 1.54) is 0 Å². The van der Waals surface area contributed by atoms with E-state index in [1.54, 1.807) is 6.92 Å². The van der Waals surface area contributed by atoms with E-state index in [2.05, 4.69) is 4.90 Å². The molecular formula is C13H24N2O3. The average Bonchev–Trinajstić information content (AvgIpc) is 2.73. The van der Waals surface area contributed by atoms with Gasteiger partial charge in [0, 0.05) is 25.6 Å². The molecule has 1 saturated heterocycles. The molecule has 1 amide bonds. The second-order valence-corrected chi connectivity index (χ2v) is 4.95. The normalized spacial score (nSPS) is 19.3. The Morgan fingerprint density at radius 3 is 2.67 bits per heavy atom. The molecule has 0 aromatic heterocycles. The van der Waals surface area contributed by atoms with Gasteiger partial charge in [0.15, 0.2) is 0 Å². The quantitative estimate of drug-likeness (QED) is 0.662. The monoisotopic (exact) mass is 256 g/mol. The molecule has 5 heteroatoms. The SMILES string of the molecule is CCOC(=O)CCC(=O)N1CCCC1CN(C)C. The first kappa shape index (κ1) is 15.0. The van der Waals surface area contributed by atoms with Crippen LogP contribution in [0.5, 0.6) is 0 Å². The summed E-state index contributed by atoms with van der Waals surface area (Å²) in [5.74, 6) is -0.207. The van der Waals surface area contributed by atoms with Crippen LogP contribution in [0.15, 0.2) is 0 Å². The smallest absolute Gasteiger partial charge is 0.306 e. The number of hydrogen-bond donors (Lipinski definition) is 0. The van der Waals surface area contributed by atoms with Crippen molar-refractivity contribution in [3.05, 3.63) is 0 Å². The van der Waals surface area contributed by atoms with Crippen LogP contribution in [0.4, 0.5) is 0 Å². The van der Waals surface area contributed by atoms with Gasteiger partial charge in [-0.15, -0.1) is 0 Å². The molecule has 0 saturated carbocycles. The second kappa shape index (κ2) is 7.36. The van der Waals surface area contributed by atoms with Crippen LogP contribution in [-0.2, 0) is 14.3 Å². The van der Waals surface area contributed by atoms with Crippen molar-refractivity contribution in [3.8, 4) is 0 Å². The van der Waals surface area contributed by atoms with Gasteiger partial charge in [0.05, 0.1) is 13.0 Å². The average molecular weight is 256 g/mol. The third-order valence-corrected chi connectivity index (χ3v) is 3.12. The van der Waals surface area contributed by atoms with Gasteiger partial charge < -0.3 is 14.5 Å². The molecule has 0 N–H and O–H groups in total. The third kappa shape index (κ3) is 4.64. The number of rotatable bonds is 6. The maximum atomic E-state index is 12.0. The highest BCUT2D eigenvalue weighted by Crippen LogP contribution is 2.19. The zero-order chi connectivity index (χ0) is 13.5. The van der Waals surface area contributed by atoms with Crippen LogP contribution in [0.3, 0.4) is 0 Å². The van der Waals surface area contributed by atoms with Crippen molar-refractivity contribution in [1.82, 2.24) is 9.80 Å². The van der Waals surface area contributed by atoms with Crippen LogP contribution < -0.4 is 0 Å². The number of esters is 1. The molecule has 0 bridgehead atoms. The second-order valence-electron chi connectivity index (χ2n) is 4.95. The Hall–Kier alpha value is -1.10. The van der Waals surface area contributed by atoms with Gasteiger partial charge in [-0.25, -0.2) is 0 Å². The molecule has 1 aliphatic rings. The van der Waals surface area contributed by atoms with Crippen LogP contribution >= 0.6 is 0 Å². The minimum atomic E-state index is -0.283. The molecule has 18 heavy (non-hydrogen) atoms. The molecule has 5 nitrogen and oxygen atoms in total. The van der Waals surface area contributed by atoms with Crippen molar-refractivity contribution in [2.24, 2.45) is 0 Å². The maximum absolute atomic E-state index is 12.0. The fraction of sp³-hybridized carbons (Fsp3) is 0.846. The molecule has 1 unspecified atom stereocenters. The minimum absolute atomic E-state index is 0.0763. The lowest BCUT2D eigenvalue weighted by molar-refractivity contribution is -0.145. The van der Waals surface area contributed by atoms with Gasteiger partial charge in [-0.05, 0) is 33.9 Å². The number of hydrogen-bond acceptors (Lipinski definition) is 4. The third-order valence-electron chi connectivity index (χ3n) is 3.12. The summed E-state index contributed by atoms with van der Waals surface area (Å²) in [4.78, 5) is 27.3. The van der Waals surface area contributed by atoms with Crippen LogP contribution in [-0.4, -0.2) is 61.5 Å². The number of likely N-dealkylation sites (tertiary alicyclic amines) is 1. The first-order valence-electron chi connectivity index (χ1n) is 6.64. The fourth-order valence-corrected chi connectivity index (χ4v) is 2.36. The Bertz CT molecular complexity index is 292. The van der Waals surface area contributed by atoms with Crippen molar-refractivity contribution in [2.45, 2.75) is 38.6 Å². The van der Waals surface area contributed by atoms with E-state index < -0.39 is 0 Å². The maximum Gasteiger partial charge on any atom is 0.306 e. The Morgan fingerprint density at radius 2 is 2.06 bits per heavy atom. The zero-order valence-corrected chi connectivity index (χ0v) is 11.6. The van der Waals surface area contributed by atoms with E-state index in [1.807, 2.05) is 19.0 Å². The summed E-state index contributed by atoms with van der Waals surface area (Å²) in [6, 6.07) is 0.301. The molecule has 0 spiro atoms. The molecule has 1 aliphatic heterocycles. The highest BCUT2D eigenvalue weighted by Gasteiger charge is 2.28. The first-order valence-corrected chi connectivity index (χ1v) is 6.64. The highest BCUT2D eigenvalue weighted by molar-refractivity contribution is 5.81. The van der Waals surface area contributed by atoms with Gasteiger partial charge >= 0.3 is 5.97 Å². The number of nitrogens with zero attached hydrogens (tertiary/aromatic N) is 2. The number of carbonyl (C=O) groups excluding carboxylic acids is 2. The van der Waals surface area contributed by atoms with E-state index >= 15 is 0 Å². The molecule has 1 fully saturated rings. The lowest BCUT2D eigenvalue weighted by Crippen LogP contribution is -2.41. The van der Waals surface area contributed by atoms with Crippen molar-refractivity contribution >= 4 is 11.9 Å². The topological polar surface area (TPSA) is 49.9 Å². The van der Waals surface area contributed by atoms with E-state index in [4.69, 9.17) is 4.74 Å². The van der Waals surface area contributed by atoms with Crippen LogP contribution in [0.1, 0.15) is 32.6 Å². The summed E-state index contributed by atoms with van der Waals surface area (Å²) in [5, 5.41) is 0. The molecule has 1 heterocycles. The van der Waals surface area contributed by atoms with Gasteiger partial charge in [-0.3, -0.25) is 9.59 Å². The van der Waals surface area contributed by atoms with Crippen molar-refractivity contribution in [3.63, 3.8) is 0 Å². The van der Waals surface area contributed by atoms with Gasteiger partial charge in [-0.1, -0.05) is 0 Å². The van der Waals surface area contributed by atoms with Crippen LogP contribution in [0, 0.1) is 0 Å². The molecule has 1 atom stereocenters. The van der Waals surface area contributed by atoms with E-state index in [0.29, 0.717) is 12.6 Å². The van der Waals surface area contributed by atoms with Crippen molar-refractivity contribution in [1.29, 1.82) is 0 Å².